The third-order valence-corrected chi connectivity index (χ3v) is 8.69. The van der Waals surface area contributed by atoms with Gasteiger partial charge in [0.05, 0.1) is 24.9 Å². The van der Waals surface area contributed by atoms with E-state index in [1.54, 1.807) is 16.2 Å². The van der Waals surface area contributed by atoms with Gasteiger partial charge in [-0.3, -0.25) is 5.32 Å². The van der Waals surface area contributed by atoms with Crippen LogP contribution in [-0.4, -0.2) is 45.2 Å². The summed E-state index contributed by atoms with van der Waals surface area (Å²) >= 11 is 3.08. The van der Waals surface area contributed by atoms with Crippen LogP contribution in [0.5, 0.6) is 0 Å². The van der Waals surface area contributed by atoms with Crippen molar-refractivity contribution in [1.29, 1.82) is 0 Å². The maximum Gasteiger partial charge on any atom is 0.341 e. The predicted octanol–water partition coefficient (Wildman–Crippen LogP) is 4.77. The van der Waals surface area contributed by atoms with Gasteiger partial charge >= 0.3 is 12.0 Å². The van der Waals surface area contributed by atoms with Gasteiger partial charge in [0, 0.05) is 28.3 Å². The Morgan fingerprint density at radius 3 is 2.71 bits per heavy atom. The van der Waals surface area contributed by atoms with Crippen LogP contribution in [0.4, 0.5) is 9.80 Å². The Morgan fingerprint density at radius 1 is 1.06 bits per heavy atom. The number of thiophene rings is 1. The van der Waals surface area contributed by atoms with Crippen LogP contribution in [0.1, 0.15) is 44.2 Å². The monoisotopic (exact) mass is 493 g/mol. The number of ether oxygens (including phenoxy) is 1. The smallest absolute Gasteiger partial charge is 0.341 e. The lowest BCUT2D eigenvalue weighted by Crippen LogP contribution is -2.38. The molecule has 0 fully saturated rings. The van der Waals surface area contributed by atoms with Crippen molar-refractivity contribution < 1.29 is 14.3 Å². The largest absolute Gasteiger partial charge is 0.465 e. The minimum absolute atomic E-state index is 0.196. The van der Waals surface area contributed by atoms with Gasteiger partial charge < -0.3 is 9.64 Å². The number of amides is 2. The summed E-state index contributed by atoms with van der Waals surface area (Å²) < 4.78 is 6.95. The van der Waals surface area contributed by atoms with E-state index in [0.29, 0.717) is 35.9 Å². The first kappa shape index (κ1) is 21.3. The minimum atomic E-state index is -0.379. The highest BCUT2D eigenvalue weighted by atomic mass is 32.1. The molecule has 0 spiro atoms. The van der Waals surface area contributed by atoms with Gasteiger partial charge in [-0.25, -0.2) is 14.1 Å². The van der Waals surface area contributed by atoms with E-state index in [9.17, 15) is 9.59 Å². The molecule has 0 radical (unpaired) electrons. The molecular weight excluding hydrogens is 470 g/mol. The third kappa shape index (κ3) is 3.57. The average molecular weight is 494 g/mol. The molecule has 6 rings (SSSR count). The Hall–Kier alpha value is -3.24. The number of nitrogens with zero attached hydrogens (tertiary/aromatic N) is 4. The number of esters is 1. The third-order valence-electron chi connectivity index (χ3n) is 6.42. The van der Waals surface area contributed by atoms with Crippen LogP contribution in [0.15, 0.2) is 30.3 Å². The molecule has 1 aliphatic heterocycles. The summed E-state index contributed by atoms with van der Waals surface area (Å²) in [5, 5.41) is 8.33. The van der Waals surface area contributed by atoms with Crippen molar-refractivity contribution in [1.82, 2.24) is 19.5 Å². The van der Waals surface area contributed by atoms with Crippen LogP contribution in [0, 0.1) is 0 Å². The fourth-order valence-electron chi connectivity index (χ4n) is 4.72. The first-order chi connectivity index (χ1) is 16.6. The standard InChI is InChI=1S/C24H23N5O3S2/c1-32-22(30)19-15-9-5-6-10-17(15)33-21(19)26-23(31)28-12-11-16-18(13-28)34-24-25-20(27-29(16)24)14-7-3-2-4-8-14/h2-4,7-8H,5-6,9-13H2,1H3,(H,26,31). The van der Waals surface area contributed by atoms with Gasteiger partial charge in [-0.1, -0.05) is 41.7 Å². The highest BCUT2D eigenvalue weighted by Gasteiger charge is 2.30. The van der Waals surface area contributed by atoms with Crippen LogP contribution in [0.2, 0.25) is 0 Å². The number of methoxy groups -OCH3 is 1. The molecule has 34 heavy (non-hydrogen) atoms. The van der Waals surface area contributed by atoms with Crippen LogP contribution in [0.25, 0.3) is 16.3 Å². The first-order valence-electron chi connectivity index (χ1n) is 11.3. The summed E-state index contributed by atoms with van der Waals surface area (Å²) in [4.78, 5) is 35.3. The molecule has 4 aromatic rings. The van der Waals surface area contributed by atoms with E-state index in [-0.39, 0.29) is 12.0 Å². The van der Waals surface area contributed by atoms with E-state index in [4.69, 9.17) is 14.8 Å². The number of hydrogen-bond acceptors (Lipinski definition) is 7. The Morgan fingerprint density at radius 2 is 1.88 bits per heavy atom. The van der Waals surface area contributed by atoms with E-state index >= 15 is 0 Å². The molecule has 2 aliphatic rings. The number of thiazole rings is 1. The number of carbonyl (C=O) groups is 2. The molecule has 0 saturated carbocycles. The summed E-state index contributed by atoms with van der Waals surface area (Å²) in [6.45, 7) is 1.07. The van der Waals surface area contributed by atoms with Gasteiger partial charge in [0.15, 0.2) is 5.82 Å². The molecule has 0 unspecified atom stereocenters. The summed E-state index contributed by atoms with van der Waals surface area (Å²) in [7, 11) is 1.39. The van der Waals surface area contributed by atoms with Crippen molar-refractivity contribution in [2.75, 3.05) is 19.0 Å². The van der Waals surface area contributed by atoms with Crippen molar-refractivity contribution in [2.45, 2.75) is 38.6 Å². The van der Waals surface area contributed by atoms with E-state index < -0.39 is 0 Å². The number of carbonyl (C=O) groups excluding carboxylic acids is 2. The van der Waals surface area contributed by atoms with Crippen molar-refractivity contribution in [2.24, 2.45) is 0 Å². The highest BCUT2D eigenvalue weighted by Crippen LogP contribution is 2.39. The lowest BCUT2D eigenvalue weighted by Gasteiger charge is -2.26. The van der Waals surface area contributed by atoms with E-state index in [2.05, 4.69) is 5.32 Å². The molecule has 2 amide bonds. The van der Waals surface area contributed by atoms with Crippen molar-refractivity contribution in [3.05, 3.63) is 56.9 Å². The van der Waals surface area contributed by atoms with Gasteiger partial charge in [-0.2, -0.15) is 4.98 Å². The molecule has 0 atom stereocenters. The number of benzene rings is 1. The highest BCUT2D eigenvalue weighted by molar-refractivity contribution is 7.17. The molecule has 174 valence electrons. The number of urea groups is 1. The van der Waals surface area contributed by atoms with Gasteiger partial charge in [0.2, 0.25) is 4.96 Å². The molecule has 1 aliphatic carbocycles. The average Bonchev–Trinajstić information content (AvgIpc) is 3.54. The van der Waals surface area contributed by atoms with Crippen molar-refractivity contribution in [3.8, 4) is 11.4 Å². The maximum absolute atomic E-state index is 13.2. The van der Waals surface area contributed by atoms with E-state index in [1.807, 2.05) is 34.8 Å². The molecule has 8 nitrogen and oxygen atoms in total. The zero-order chi connectivity index (χ0) is 23.2. The minimum Gasteiger partial charge on any atom is -0.465 e. The second kappa shape index (κ2) is 8.52. The predicted molar refractivity (Wildman–Crippen MR) is 132 cm³/mol. The first-order valence-corrected chi connectivity index (χ1v) is 13.0. The number of nitrogens with one attached hydrogen (secondary N) is 1. The Bertz CT molecular complexity index is 1410. The normalized spacial score (nSPS) is 15.1. The molecule has 1 N–H and O–H groups in total. The van der Waals surface area contributed by atoms with Gasteiger partial charge in [0.1, 0.15) is 5.00 Å². The second-order valence-electron chi connectivity index (χ2n) is 8.48. The number of aromatic nitrogens is 3. The fraction of sp³-hybridized carbons (Fsp3) is 0.333. The molecular formula is C24H23N5O3S2. The number of rotatable bonds is 3. The second-order valence-corrected chi connectivity index (χ2v) is 10.6. The van der Waals surface area contributed by atoms with Crippen molar-refractivity contribution >= 4 is 44.6 Å². The fourth-order valence-corrected chi connectivity index (χ4v) is 7.10. The van der Waals surface area contributed by atoms with Crippen LogP contribution in [-0.2, 0) is 30.5 Å². The molecule has 3 aromatic heterocycles. The van der Waals surface area contributed by atoms with Crippen LogP contribution >= 0.6 is 22.7 Å². The Kier molecular flexibility index (Phi) is 5.34. The lowest BCUT2D eigenvalue weighted by molar-refractivity contribution is 0.0601. The van der Waals surface area contributed by atoms with Crippen LogP contribution in [0.3, 0.4) is 0 Å². The zero-order valence-corrected chi connectivity index (χ0v) is 20.3. The summed E-state index contributed by atoms with van der Waals surface area (Å²) in [6.07, 6.45) is 4.66. The van der Waals surface area contributed by atoms with Gasteiger partial charge in [-0.15, -0.1) is 16.4 Å². The van der Waals surface area contributed by atoms with Crippen LogP contribution < -0.4 is 5.32 Å². The number of fused-ring (bicyclic) bond motifs is 4. The van der Waals surface area contributed by atoms with E-state index in [0.717, 1.165) is 52.3 Å². The molecule has 1 aromatic carbocycles. The Labute approximate surface area is 204 Å². The number of anilines is 1. The SMILES string of the molecule is COC(=O)c1c(NC(=O)N2CCc3c(sc4nc(-c5ccccc5)nn34)C2)sc2c1CCCC2. The van der Waals surface area contributed by atoms with Gasteiger partial charge in [0.25, 0.3) is 0 Å². The summed E-state index contributed by atoms with van der Waals surface area (Å²) in [5.41, 5.74) is 3.67. The zero-order valence-electron chi connectivity index (χ0n) is 18.7. The van der Waals surface area contributed by atoms with Gasteiger partial charge in [-0.05, 0) is 31.2 Å². The molecule has 4 heterocycles. The topological polar surface area (TPSA) is 88.8 Å². The number of aryl methyl sites for hydroxylation is 1. The quantitative estimate of drug-likeness (QED) is 0.415. The maximum atomic E-state index is 13.2. The van der Waals surface area contributed by atoms with E-state index in [1.165, 1.54) is 23.3 Å². The summed E-state index contributed by atoms with van der Waals surface area (Å²) in [6, 6.07) is 9.74. The lowest BCUT2D eigenvalue weighted by atomic mass is 9.95. The summed E-state index contributed by atoms with van der Waals surface area (Å²) in [5.74, 6) is 0.335. The molecule has 0 saturated heterocycles. The van der Waals surface area contributed by atoms with Crippen molar-refractivity contribution in [3.63, 3.8) is 0 Å². The molecule has 10 heteroatoms. The number of hydrogen-bond donors (Lipinski definition) is 1. The Balaban J connectivity index is 1.23. The molecule has 0 bridgehead atoms.